The van der Waals surface area contributed by atoms with Crippen molar-refractivity contribution < 1.29 is 21.7 Å². The molecular weight excluding hydrogens is 260 g/mol. The van der Waals surface area contributed by atoms with E-state index in [1.807, 2.05) is 24.3 Å². The summed E-state index contributed by atoms with van der Waals surface area (Å²) in [5.74, 6) is 0. The van der Waals surface area contributed by atoms with Gasteiger partial charge in [-0.15, -0.1) is 25.2 Å². The first-order chi connectivity index (χ1) is 5.00. The number of hydrogen-bond donors (Lipinski definition) is 0. The summed E-state index contributed by atoms with van der Waals surface area (Å²) in [6.45, 7) is 0. The summed E-state index contributed by atoms with van der Waals surface area (Å²) in [4.78, 5) is 0. The Morgan fingerprint density at radius 3 is 1.21 bits per heavy atom. The Morgan fingerprint density at radius 1 is 0.786 bits per heavy atom. The van der Waals surface area contributed by atoms with E-state index in [0.29, 0.717) is 0 Å². The van der Waals surface area contributed by atoms with E-state index in [2.05, 4.69) is 24.3 Å². The minimum atomic E-state index is 0. The second-order valence-corrected chi connectivity index (χ2v) is 2.01. The van der Waals surface area contributed by atoms with Crippen LogP contribution in [0.1, 0.15) is 12.8 Å². The summed E-state index contributed by atoms with van der Waals surface area (Å²) >= 11 is 0. The molecule has 0 aliphatic heterocycles. The van der Waals surface area contributed by atoms with Gasteiger partial charge in [-0.05, 0) is 21.9 Å². The SMILES string of the molecule is Cl.[C-]1=CC=CC1.[C-]1=CC=CC1.[SiH3].[SiH3].[Ti+2]. The van der Waals surface area contributed by atoms with Gasteiger partial charge in [0.2, 0.25) is 0 Å². The van der Waals surface area contributed by atoms with Crippen molar-refractivity contribution in [3.63, 3.8) is 0 Å². The topological polar surface area (TPSA) is 0 Å². The Kier molecular flexibility index (Phi) is 32.5. The third-order valence-electron chi connectivity index (χ3n) is 1.17. The summed E-state index contributed by atoms with van der Waals surface area (Å²) in [6, 6.07) is 0. The Bertz CT molecular complexity index is 156. The summed E-state index contributed by atoms with van der Waals surface area (Å²) in [5.41, 5.74) is 0. The molecule has 0 saturated heterocycles. The molecule has 0 unspecified atom stereocenters. The van der Waals surface area contributed by atoms with Gasteiger partial charge in [-0.25, -0.2) is 24.3 Å². The van der Waals surface area contributed by atoms with Crippen LogP contribution in [0.15, 0.2) is 36.5 Å². The first kappa shape index (κ1) is 23.9. The van der Waals surface area contributed by atoms with Crippen molar-refractivity contribution in [2.75, 3.05) is 0 Å². The third kappa shape index (κ3) is 14.9. The molecule has 4 heteroatoms. The molecule has 0 aromatic carbocycles. The van der Waals surface area contributed by atoms with Gasteiger partial charge in [0.15, 0.2) is 0 Å². The summed E-state index contributed by atoms with van der Waals surface area (Å²) in [7, 11) is 0. The van der Waals surface area contributed by atoms with Gasteiger partial charge in [-0.3, -0.25) is 12.2 Å². The van der Waals surface area contributed by atoms with Crippen molar-refractivity contribution in [2.45, 2.75) is 12.8 Å². The van der Waals surface area contributed by atoms with E-state index in [0.717, 1.165) is 12.8 Å². The maximum atomic E-state index is 2.99. The smallest absolute Gasteiger partial charge is 0.273 e. The van der Waals surface area contributed by atoms with Crippen molar-refractivity contribution in [1.82, 2.24) is 0 Å². The quantitative estimate of drug-likeness (QED) is 0.451. The zero-order valence-electron chi connectivity index (χ0n) is 8.79. The van der Waals surface area contributed by atoms with Gasteiger partial charge in [0.05, 0.1) is 0 Å². The maximum absolute atomic E-state index is 2.99. The summed E-state index contributed by atoms with van der Waals surface area (Å²) in [6.07, 6.45) is 20.0. The van der Waals surface area contributed by atoms with Crippen LogP contribution in [0, 0.1) is 12.2 Å². The van der Waals surface area contributed by atoms with E-state index in [1.165, 1.54) is 0 Å². The molecule has 2 aliphatic carbocycles. The average molecular weight is 277 g/mol. The zero-order valence-corrected chi connectivity index (χ0v) is 15.2. The van der Waals surface area contributed by atoms with E-state index in [9.17, 15) is 0 Å². The van der Waals surface area contributed by atoms with E-state index in [-0.39, 0.29) is 56.1 Å². The Labute approximate surface area is 117 Å². The standard InChI is InChI=1S/2C5H5.ClH.2H3Si.Ti/c2*1-2-4-5-3-1;;;;/h2*1-3H,4H2;1H;2*1H3;/q2*-1;;;;+2. The minimum Gasteiger partial charge on any atom is -0.273 e. The molecule has 0 saturated carbocycles. The van der Waals surface area contributed by atoms with Crippen LogP contribution in [0.25, 0.3) is 0 Å². The first-order valence-corrected chi connectivity index (χ1v) is 3.43. The summed E-state index contributed by atoms with van der Waals surface area (Å²) < 4.78 is 0. The molecule has 0 heterocycles. The fourth-order valence-corrected chi connectivity index (χ4v) is 0.680. The molecule has 0 atom stereocenters. The van der Waals surface area contributed by atoms with Gasteiger partial charge in [0, 0.05) is 0 Å². The maximum Gasteiger partial charge on any atom is 2.00 e. The van der Waals surface area contributed by atoms with Crippen molar-refractivity contribution in [3.8, 4) is 0 Å². The minimum absolute atomic E-state index is 0. The van der Waals surface area contributed by atoms with Crippen molar-refractivity contribution in [2.24, 2.45) is 0 Å². The fourth-order valence-electron chi connectivity index (χ4n) is 0.680. The molecule has 0 nitrogen and oxygen atoms in total. The van der Waals surface area contributed by atoms with Crippen molar-refractivity contribution in [3.05, 3.63) is 48.6 Å². The number of hydrogen-bond acceptors (Lipinski definition) is 0. The zero-order chi connectivity index (χ0) is 7.07. The molecule has 0 N–H and O–H groups in total. The van der Waals surface area contributed by atoms with E-state index in [1.54, 1.807) is 0 Å². The van der Waals surface area contributed by atoms with Crippen molar-refractivity contribution >= 4 is 34.3 Å². The van der Waals surface area contributed by atoms with Gasteiger partial charge in [-0.1, -0.05) is 0 Å². The molecule has 2 radical (unpaired) electrons. The number of allylic oxidation sites excluding steroid dienone is 8. The second-order valence-electron chi connectivity index (χ2n) is 2.01. The number of halogens is 1. The van der Waals surface area contributed by atoms with Gasteiger partial charge in [0.25, 0.3) is 0 Å². The van der Waals surface area contributed by atoms with Gasteiger partial charge < -0.3 is 0 Å². The van der Waals surface area contributed by atoms with Crippen LogP contribution >= 0.6 is 12.4 Å². The molecule has 0 aromatic rings. The average Bonchev–Trinajstić information content (AvgIpc) is 2.67. The summed E-state index contributed by atoms with van der Waals surface area (Å²) in [5, 5.41) is 0. The number of rotatable bonds is 0. The predicted molar refractivity (Wildman–Crippen MR) is 70.3 cm³/mol. The Balaban J connectivity index is -0.0000000556. The first-order valence-electron chi connectivity index (χ1n) is 3.43. The van der Waals surface area contributed by atoms with E-state index in [4.69, 9.17) is 0 Å². The van der Waals surface area contributed by atoms with Gasteiger partial charge in [-0.2, -0.15) is 12.2 Å². The molecule has 0 aromatic heterocycles. The van der Waals surface area contributed by atoms with E-state index >= 15 is 0 Å². The van der Waals surface area contributed by atoms with Gasteiger partial charge >= 0.3 is 21.7 Å². The second kappa shape index (κ2) is 19.0. The Hall–Kier alpha value is 0.398. The Morgan fingerprint density at radius 2 is 1.14 bits per heavy atom. The fraction of sp³-hybridized carbons (Fsp3) is 0.200. The monoisotopic (exact) mass is 276 g/mol. The molecule has 0 fully saturated rings. The molecule has 14 heavy (non-hydrogen) atoms. The van der Waals surface area contributed by atoms with Crippen LogP contribution in [0.3, 0.4) is 0 Å². The molecule has 0 bridgehead atoms. The van der Waals surface area contributed by atoms with Crippen molar-refractivity contribution in [1.29, 1.82) is 0 Å². The van der Waals surface area contributed by atoms with E-state index < -0.39 is 0 Å². The molecule has 76 valence electrons. The molecule has 2 rings (SSSR count). The van der Waals surface area contributed by atoms with Crippen LogP contribution < -0.4 is 0 Å². The normalized spacial score (nSPS) is 12.6. The third-order valence-corrected chi connectivity index (χ3v) is 1.17. The predicted octanol–water partition coefficient (Wildman–Crippen LogP) is 0.663. The van der Waals surface area contributed by atoms with Crippen LogP contribution in [0.2, 0.25) is 0 Å². The van der Waals surface area contributed by atoms with Crippen LogP contribution in [-0.2, 0) is 21.7 Å². The van der Waals surface area contributed by atoms with Gasteiger partial charge in [0.1, 0.15) is 0 Å². The molecule has 0 spiro atoms. The molecule has 2 aliphatic rings. The van der Waals surface area contributed by atoms with Crippen LogP contribution in [-0.4, -0.2) is 21.9 Å². The molecule has 0 amide bonds. The van der Waals surface area contributed by atoms with Crippen LogP contribution in [0.4, 0.5) is 0 Å². The largest absolute Gasteiger partial charge is 2.00 e. The van der Waals surface area contributed by atoms with Crippen LogP contribution in [0.5, 0.6) is 0 Å². The molecular formula is C10H17ClSi2Ti.